The summed E-state index contributed by atoms with van der Waals surface area (Å²) >= 11 is 5.81. The minimum absolute atomic E-state index is 0.110. The van der Waals surface area contributed by atoms with Crippen LogP contribution in [0.3, 0.4) is 0 Å². The van der Waals surface area contributed by atoms with E-state index >= 15 is 0 Å². The Hall–Kier alpha value is -1.54. The average Bonchev–Trinajstić information content (AvgIpc) is 2.40. The van der Waals surface area contributed by atoms with Gasteiger partial charge in [0.2, 0.25) is 0 Å². The molecular weight excluding hydrogens is 313 g/mol. The van der Waals surface area contributed by atoms with E-state index in [0.29, 0.717) is 6.20 Å². The van der Waals surface area contributed by atoms with Crippen molar-refractivity contribution in [1.82, 2.24) is 9.88 Å². The first-order valence-corrected chi connectivity index (χ1v) is 6.46. The van der Waals surface area contributed by atoms with Gasteiger partial charge in [0.1, 0.15) is 0 Å². The van der Waals surface area contributed by atoms with Gasteiger partial charge >= 0.3 is 12.3 Å². The Labute approximate surface area is 123 Å². The molecule has 1 atom stereocenters. The third-order valence-electron chi connectivity index (χ3n) is 3.08. The van der Waals surface area contributed by atoms with Crippen molar-refractivity contribution < 1.29 is 27.8 Å². The number of ether oxygens (including phenoxy) is 1. The molecule has 9 heteroatoms. The van der Waals surface area contributed by atoms with Crippen LogP contribution in [-0.4, -0.2) is 46.9 Å². The van der Waals surface area contributed by atoms with E-state index in [4.69, 9.17) is 21.4 Å². The fraction of sp³-hybridized carbons (Fsp3) is 0.500. The zero-order valence-electron chi connectivity index (χ0n) is 10.7. The summed E-state index contributed by atoms with van der Waals surface area (Å²) in [6.45, 7) is 0.629. The Bertz CT molecular complexity index is 539. The van der Waals surface area contributed by atoms with E-state index in [1.165, 1.54) is 4.90 Å². The lowest BCUT2D eigenvalue weighted by Crippen LogP contribution is -2.45. The molecule has 0 aromatic carbocycles. The molecule has 1 unspecified atom stereocenters. The predicted molar refractivity (Wildman–Crippen MR) is 67.3 cm³/mol. The molecular formula is C12H12ClF3N2O3. The van der Waals surface area contributed by atoms with Crippen LogP contribution >= 0.6 is 11.6 Å². The number of amides is 1. The molecule has 1 amide bonds. The molecule has 1 aromatic rings. The van der Waals surface area contributed by atoms with Gasteiger partial charge < -0.3 is 14.7 Å². The molecule has 2 rings (SSSR count). The number of carbonyl (C=O) groups is 1. The average molecular weight is 325 g/mol. The van der Waals surface area contributed by atoms with Crippen molar-refractivity contribution in [2.75, 3.05) is 19.7 Å². The highest BCUT2D eigenvalue weighted by molar-refractivity contribution is 6.31. The van der Waals surface area contributed by atoms with Crippen LogP contribution in [0, 0.1) is 0 Å². The van der Waals surface area contributed by atoms with Gasteiger partial charge in [-0.2, -0.15) is 13.2 Å². The first-order chi connectivity index (χ1) is 9.77. The summed E-state index contributed by atoms with van der Waals surface area (Å²) in [6.07, 6.45) is -5.18. The van der Waals surface area contributed by atoms with Gasteiger partial charge in [-0.1, -0.05) is 11.6 Å². The number of nitrogens with zero attached hydrogens (tertiary/aromatic N) is 2. The predicted octanol–water partition coefficient (Wildman–Crippen LogP) is 2.68. The van der Waals surface area contributed by atoms with Gasteiger partial charge in [0.05, 0.1) is 35.5 Å². The van der Waals surface area contributed by atoms with E-state index in [1.54, 1.807) is 0 Å². The highest BCUT2D eigenvalue weighted by Crippen LogP contribution is 2.31. The third-order valence-corrected chi connectivity index (χ3v) is 3.40. The molecule has 2 heterocycles. The number of pyridine rings is 1. The SMILES string of the molecule is O=C(O)N1CCOC(Cc2ncc(C(F)(F)F)cc2Cl)C1. The van der Waals surface area contributed by atoms with Gasteiger partial charge in [0.25, 0.3) is 0 Å². The molecule has 1 fully saturated rings. The standard InChI is InChI=1S/C12H12ClF3N2O3/c13-9-3-7(12(14,15)16)5-17-10(9)4-8-6-18(11(19)20)1-2-21-8/h3,5,8H,1-2,4,6H2,(H,19,20). The highest BCUT2D eigenvalue weighted by atomic mass is 35.5. The molecule has 0 bridgehead atoms. The van der Waals surface area contributed by atoms with Crippen LogP contribution in [-0.2, 0) is 17.3 Å². The van der Waals surface area contributed by atoms with Gasteiger partial charge in [-0.05, 0) is 6.07 Å². The molecule has 1 aliphatic rings. The first kappa shape index (κ1) is 15.8. The summed E-state index contributed by atoms with van der Waals surface area (Å²) in [6, 6.07) is 0.807. The fourth-order valence-electron chi connectivity index (χ4n) is 2.00. The third kappa shape index (κ3) is 3.98. The molecule has 0 radical (unpaired) electrons. The van der Waals surface area contributed by atoms with Crippen molar-refractivity contribution >= 4 is 17.7 Å². The van der Waals surface area contributed by atoms with Crippen LogP contribution in [0.1, 0.15) is 11.3 Å². The zero-order valence-corrected chi connectivity index (χ0v) is 11.5. The largest absolute Gasteiger partial charge is 0.465 e. The maximum absolute atomic E-state index is 12.5. The minimum atomic E-state index is -4.50. The van der Waals surface area contributed by atoms with Gasteiger partial charge in [-0.25, -0.2) is 4.79 Å². The quantitative estimate of drug-likeness (QED) is 0.908. The molecule has 1 aliphatic heterocycles. The lowest BCUT2D eigenvalue weighted by atomic mass is 10.1. The second-order valence-corrected chi connectivity index (χ2v) is 4.98. The number of alkyl halides is 3. The summed E-state index contributed by atoms with van der Waals surface area (Å²) in [5, 5.41) is 8.80. The van der Waals surface area contributed by atoms with Gasteiger partial charge in [-0.3, -0.25) is 4.98 Å². The fourth-order valence-corrected chi connectivity index (χ4v) is 2.25. The van der Waals surface area contributed by atoms with Gasteiger partial charge in [0.15, 0.2) is 0 Å². The van der Waals surface area contributed by atoms with Crippen LogP contribution in [0.4, 0.5) is 18.0 Å². The molecule has 1 aromatic heterocycles. The topological polar surface area (TPSA) is 62.7 Å². The van der Waals surface area contributed by atoms with Crippen LogP contribution < -0.4 is 0 Å². The molecule has 0 saturated carbocycles. The maximum Gasteiger partial charge on any atom is 0.417 e. The Morgan fingerprint density at radius 1 is 1.57 bits per heavy atom. The maximum atomic E-state index is 12.5. The molecule has 5 nitrogen and oxygen atoms in total. The summed E-state index contributed by atoms with van der Waals surface area (Å²) < 4.78 is 42.9. The number of morpholine rings is 1. The van der Waals surface area contributed by atoms with Crippen LogP contribution in [0.5, 0.6) is 0 Å². The van der Waals surface area contributed by atoms with Crippen molar-refractivity contribution in [3.05, 3.63) is 28.5 Å². The Morgan fingerprint density at radius 2 is 2.29 bits per heavy atom. The first-order valence-electron chi connectivity index (χ1n) is 6.08. The second-order valence-electron chi connectivity index (χ2n) is 4.58. The zero-order chi connectivity index (χ0) is 15.6. The van der Waals surface area contributed by atoms with Crippen molar-refractivity contribution in [2.24, 2.45) is 0 Å². The highest BCUT2D eigenvalue weighted by Gasteiger charge is 2.32. The van der Waals surface area contributed by atoms with E-state index in [1.807, 2.05) is 0 Å². The normalized spacial score (nSPS) is 19.6. The summed E-state index contributed by atoms with van der Waals surface area (Å²) in [5.41, 5.74) is -0.671. The molecule has 116 valence electrons. The summed E-state index contributed by atoms with van der Waals surface area (Å²) in [5.74, 6) is 0. The van der Waals surface area contributed by atoms with E-state index in [-0.39, 0.29) is 36.8 Å². The smallest absolute Gasteiger partial charge is 0.417 e. The monoisotopic (exact) mass is 324 g/mol. The molecule has 0 aliphatic carbocycles. The molecule has 1 saturated heterocycles. The summed E-state index contributed by atoms with van der Waals surface area (Å²) in [7, 11) is 0. The number of halogens is 4. The molecule has 1 N–H and O–H groups in total. The Kier molecular flexibility index (Phi) is 4.58. The van der Waals surface area contributed by atoms with Crippen molar-refractivity contribution in [3.8, 4) is 0 Å². The van der Waals surface area contributed by atoms with E-state index < -0.39 is 23.9 Å². The van der Waals surface area contributed by atoms with Gasteiger partial charge in [0, 0.05) is 19.2 Å². The van der Waals surface area contributed by atoms with Gasteiger partial charge in [-0.15, -0.1) is 0 Å². The van der Waals surface area contributed by atoms with Crippen LogP contribution in [0.2, 0.25) is 5.02 Å². The number of hydrogen-bond donors (Lipinski definition) is 1. The summed E-state index contributed by atoms with van der Waals surface area (Å²) in [4.78, 5) is 15.8. The van der Waals surface area contributed by atoms with Crippen LogP contribution in [0.15, 0.2) is 12.3 Å². The molecule has 21 heavy (non-hydrogen) atoms. The molecule has 0 spiro atoms. The van der Waals surface area contributed by atoms with E-state index in [9.17, 15) is 18.0 Å². The Balaban J connectivity index is 2.08. The van der Waals surface area contributed by atoms with Crippen molar-refractivity contribution in [1.29, 1.82) is 0 Å². The van der Waals surface area contributed by atoms with E-state index in [2.05, 4.69) is 4.98 Å². The minimum Gasteiger partial charge on any atom is -0.465 e. The van der Waals surface area contributed by atoms with Crippen LogP contribution in [0.25, 0.3) is 0 Å². The number of rotatable bonds is 2. The van der Waals surface area contributed by atoms with Crippen molar-refractivity contribution in [3.63, 3.8) is 0 Å². The van der Waals surface area contributed by atoms with E-state index in [0.717, 1.165) is 6.07 Å². The lowest BCUT2D eigenvalue weighted by Gasteiger charge is -2.31. The number of carboxylic acid groups (broad SMARTS) is 1. The number of aromatic nitrogens is 1. The Morgan fingerprint density at radius 3 is 2.86 bits per heavy atom. The lowest BCUT2D eigenvalue weighted by molar-refractivity contribution is -0.137. The number of hydrogen-bond acceptors (Lipinski definition) is 3. The van der Waals surface area contributed by atoms with Crippen molar-refractivity contribution in [2.45, 2.75) is 18.7 Å². The second kappa shape index (κ2) is 6.07.